The van der Waals surface area contributed by atoms with Crippen molar-refractivity contribution in [2.24, 2.45) is 0 Å². The first-order chi connectivity index (χ1) is 9.54. The number of carbonyl (C=O) groups excluding carboxylic acids is 1. The zero-order chi connectivity index (χ0) is 14.5. The van der Waals surface area contributed by atoms with Gasteiger partial charge in [-0.1, -0.05) is 11.6 Å². The SMILES string of the molecule is O=C(Nc1ccc(OC(F)F)cc1)c1cnc(Cl)cn1. The van der Waals surface area contributed by atoms with Crippen LogP contribution in [-0.2, 0) is 0 Å². The first-order valence-electron chi connectivity index (χ1n) is 5.38. The molecule has 0 unspecified atom stereocenters. The van der Waals surface area contributed by atoms with Gasteiger partial charge in [-0.05, 0) is 24.3 Å². The van der Waals surface area contributed by atoms with Crippen molar-refractivity contribution >= 4 is 23.2 Å². The third-order valence-corrected chi connectivity index (χ3v) is 2.39. The number of anilines is 1. The minimum Gasteiger partial charge on any atom is -0.435 e. The number of hydrogen-bond acceptors (Lipinski definition) is 4. The molecule has 2 aromatic rings. The lowest BCUT2D eigenvalue weighted by atomic mass is 10.3. The molecule has 0 fully saturated rings. The van der Waals surface area contributed by atoms with Gasteiger partial charge in [0.25, 0.3) is 5.91 Å². The molecule has 5 nitrogen and oxygen atoms in total. The fourth-order valence-electron chi connectivity index (χ4n) is 1.34. The van der Waals surface area contributed by atoms with E-state index in [1.165, 1.54) is 36.7 Å². The molecule has 0 bridgehead atoms. The van der Waals surface area contributed by atoms with Crippen molar-refractivity contribution in [1.29, 1.82) is 0 Å². The fraction of sp³-hybridized carbons (Fsp3) is 0.0833. The highest BCUT2D eigenvalue weighted by molar-refractivity contribution is 6.29. The molecule has 1 amide bonds. The van der Waals surface area contributed by atoms with E-state index in [1.807, 2.05) is 0 Å². The van der Waals surface area contributed by atoms with Crippen LogP contribution in [0.25, 0.3) is 0 Å². The summed E-state index contributed by atoms with van der Waals surface area (Å²) in [6, 6.07) is 5.49. The van der Waals surface area contributed by atoms with Crippen LogP contribution >= 0.6 is 11.6 Å². The van der Waals surface area contributed by atoms with E-state index in [0.717, 1.165) is 0 Å². The average Bonchev–Trinajstić information content (AvgIpc) is 2.41. The van der Waals surface area contributed by atoms with Crippen LogP contribution in [-0.4, -0.2) is 22.5 Å². The van der Waals surface area contributed by atoms with Gasteiger partial charge in [-0.2, -0.15) is 8.78 Å². The third-order valence-electron chi connectivity index (χ3n) is 2.19. The van der Waals surface area contributed by atoms with Crippen molar-refractivity contribution in [2.45, 2.75) is 6.61 Å². The Balaban J connectivity index is 2.02. The molecule has 0 radical (unpaired) electrons. The van der Waals surface area contributed by atoms with E-state index in [9.17, 15) is 13.6 Å². The van der Waals surface area contributed by atoms with Crippen LogP contribution in [0.2, 0.25) is 5.15 Å². The van der Waals surface area contributed by atoms with Gasteiger partial charge in [-0.25, -0.2) is 9.97 Å². The standard InChI is InChI=1S/C12H8ClF2N3O2/c13-10-6-16-9(5-17-10)11(19)18-7-1-3-8(4-2-7)20-12(14)15/h1-6,12H,(H,18,19). The molecule has 0 saturated heterocycles. The maximum atomic E-state index is 12.0. The van der Waals surface area contributed by atoms with E-state index >= 15 is 0 Å². The second-order valence-electron chi connectivity index (χ2n) is 3.58. The van der Waals surface area contributed by atoms with E-state index < -0.39 is 12.5 Å². The van der Waals surface area contributed by atoms with Crippen LogP contribution in [0.3, 0.4) is 0 Å². The summed E-state index contributed by atoms with van der Waals surface area (Å²) in [5.74, 6) is -0.485. The molecule has 104 valence electrons. The average molecular weight is 300 g/mol. The Labute approximate surface area is 117 Å². The van der Waals surface area contributed by atoms with Crippen molar-refractivity contribution in [1.82, 2.24) is 9.97 Å². The first-order valence-corrected chi connectivity index (χ1v) is 5.76. The minimum absolute atomic E-state index is 0.00397. The van der Waals surface area contributed by atoms with E-state index in [4.69, 9.17) is 11.6 Å². The number of carbonyl (C=O) groups is 1. The van der Waals surface area contributed by atoms with Crippen LogP contribution in [0.4, 0.5) is 14.5 Å². The molecule has 2 rings (SSSR count). The highest BCUT2D eigenvalue weighted by Crippen LogP contribution is 2.18. The number of ether oxygens (including phenoxy) is 1. The molecule has 0 saturated carbocycles. The maximum Gasteiger partial charge on any atom is 0.387 e. The zero-order valence-electron chi connectivity index (χ0n) is 9.89. The van der Waals surface area contributed by atoms with Crippen LogP contribution in [0.1, 0.15) is 10.5 Å². The lowest BCUT2D eigenvalue weighted by Crippen LogP contribution is -2.13. The van der Waals surface area contributed by atoms with Crippen LogP contribution in [0, 0.1) is 0 Å². The van der Waals surface area contributed by atoms with Gasteiger partial charge in [0.2, 0.25) is 0 Å². The smallest absolute Gasteiger partial charge is 0.387 e. The van der Waals surface area contributed by atoms with E-state index in [0.29, 0.717) is 5.69 Å². The monoisotopic (exact) mass is 299 g/mol. The van der Waals surface area contributed by atoms with Crippen LogP contribution < -0.4 is 10.1 Å². The number of benzene rings is 1. The lowest BCUT2D eigenvalue weighted by Gasteiger charge is -2.07. The van der Waals surface area contributed by atoms with E-state index in [-0.39, 0.29) is 16.6 Å². The number of amides is 1. The molecular weight excluding hydrogens is 292 g/mol. The molecule has 20 heavy (non-hydrogen) atoms. The summed E-state index contributed by atoms with van der Waals surface area (Å²) in [6.45, 7) is -2.89. The molecule has 0 aliphatic carbocycles. The van der Waals surface area contributed by atoms with Gasteiger partial charge in [-0.15, -0.1) is 0 Å². The summed E-state index contributed by atoms with van der Waals surface area (Å²) in [5, 5.41) is 2.71. The van der Waals surface area contributed by atoms with Gasteiger partial charge < -0.3 is 10.1 Å². The van der Waals surface area contributed by atoms with Gasteiger partial charge in [0, 0.05) is 5.69 Å². The fourth-order valence-corrected chi connectivity index (χ4v) is 1.44. The summed E-state index contributed by atoms with van der Waals surface area (Å²) in [5.41, 5.74) is 0.496. The van der Waals surface area contributed by atoms with E-state index in [2.05, 4.69) is 20.0 Å². The van der Waals surface area contributed by atoms with Crippen LogP contribution in [0.5, 0.6) is 5.75 Å². The molecule has 0 atom stereocenters. The molecule has 0 aliphatic rings. The summed E-state index contributed by atoms with van der Waals surface area (Å²) in [6.07, 6.45) is 2.47. The second kappa shape index (κ2) is 6.25. The first kappa shape index (κ1) is 14.1. The maximum absolute atomic E-state index is 12.0. The molecule has 8 heteroatoms. The Bertz CT molecular complexity index is 591. The molecule has 0 aliphatic heterocycles. The summed E-state index contributed by atoms with van der Waals surface area (Å²) < 4.78 is 28.1. The molecule has 1 aromatic carbocycles. The summed E-state index contributed by atoms with van der Waals surface area (Å²) in [7, 11) is 0. The van der Waals surface area contributed by atoms with Crippen molar-refractivity contribution in [3.63, 3.8) is 0 Å². The molecule has 1 aromatic heterocycles. The second-order valence-corrected chi connectivity index (χ2v) is 3.97. The Morgan fingerprint density at radius 1 is 1.20 bits per heavy atom. The van der Waals surface area contributed by atoms with Crippen molar-refractivity contribution in [2.75, 3.05) is 5.32 Å². The van der Waals surface area contributed by atoms with Crippen molar-refractivity contribution in [3.8, 4) is 5.75 Å². The Hall–Kier alpha value is -2.28. The summed E-state index contributed by atoms with van der Waals surface area (Å²) >= 11 is 5.55. The van der Waals surface area contributed by atoms with Gasteiger partial charge in [0.15, 0.2) is 0 Å². The van der Waals surface area contributed by atoms with E-state index in [1.54, 1.807) is 0 Å². The number of rotatable bonds is 4. The Morgan fingerprint density at radius 2 is 1.90 bits per heavy atom. The van der Waals surface area contributed by atoms with Gasteiger partial charge >= 0.3 is 6.61 Å². The molecule has 1 heterocycles. The number of nitrogens with one attached hydrogen (secondary N) is 1. The van der Waals surface area contributed by atoms with Crippen LogP contribution in [0.15, 0.2) is 36.7 Å². The zero-order valence-corrected chi connectivity index (χ0v) is 10.6. The number of hydrogen-bond donors (Lipinski definition) is 1. The number of halogens is 3. The Morgan fingerprint density at radius 3 is 2.45 bits per heavy atom. The van der Waals surface area contributed by atoms with Gasteiger partial charge in [0.1, 0.15) is 16.6 Å². The highest BCUT2D eigenvalue weighted by Gasteiger charge is 2.09. The molecule has 0 spiro atoms. The minimum atomic E-state index is -2.89. The van der Waals surface area contributed by atoms with Gasteiger partial charge in [-0.3, -0.25) is 4.79 Å². The van der Waals surface area contributed by atoms with Gasteiger partial charge in [0.05, 0.1) is 12.4 Å². The summed E-state index contributed by atoms with van der Waals surface area (Å²) in [4.78, 5) is 19.3. The topological polar surface area (TPSA) is 64.1 Å². The predicted octanol–water partition coefficient (Wildman–Crippen LogP) is 2.98. The normalized spacial score (nSPS) is 10.4. The van der Waals surface area contributed by atoms with Crippen molar-refractivity contribution < 1.29 is 18.3 Å². The molecular formula is C12H8ClF2N3O2. The largest absolute Gasteiger partial charge is 0.435 e. The molecule has 1 N–H and O–H groups in total. The highest BCUT2D eigenvalue weighted by atomic mass is 35.5. The third kappa shape index (κ3) is 3.86. The number of nitrogens with zero attached hydrogens (tertiary/aromatic N) is 2. The number of aromatic nitrogens is 2. The Kier molecular flexibility index (Phi) is 4.41. The quantitative estimate of drug-likeness (QED) is 0.942. The number of alkyl halides is 2. The lowest BCUT2D eigenvalue weighted by molar-refractivity contribution is -0.0498. The predicted molar refractivity (Wildman–Crippen MR) is 68.1 cm³/mol. The van der Waals surface area contributed by atoms with Crippen molar-refractivity contribution in [3.05, 3.63) is 47.5 Å².